The molecule has 0 saturated carbocycles. The molecule has 224 valence electrons. The van der Waals surface area contributed by atoms with Crippen LogP contribution in [0.2, 0.25) is 0 Å². The Morgan fingerprint density at radius 1 is 1.00 bits per heavy atom. The van der Waals surface area contributed by atoms with Gasteiger partial charge in [0.1, 0.15) is 42.1 Å². The number of halogens is 4. The highest BCUT2D eigenvalue weighted by Crippen LogP contribution is 2.44. The Balaban J connectivity index is 1.42. The second-order valence-corrected chi connectivity index (χ2v) is 12.9. The first-order valence-corrected chi connectivity index (χ1v) is 15.0. The van der Waals surface area contributed by atoms with Crippen LogP contribution in [0.25, 0.3) is 10.9 Å². The summed E-state index contributed by atoms with van der Waals surface area (Å²) in [5.41, 5.74) is 0.724. The van der Waals surface area contributed by atoms with E-state index in [1.807, 2.05) is 13.8 Å². The van der Waals surface area contributed by atoms with E-state index in [1.165, 1.54) is 38.1 Å². The van der Waals surface area contributed by atoms with Gasteiger partial charge in [0.15, 0.2) is 0 Å². The number of aromatic amines is 1. The SMILES string of the molecule is Cc1ccc(S(=O)(=O)OCCOc2cc(F)c(C3c4[nH]c5ccc(F)cc5c4CC(C)N3CC(C)(C)F)c(F)c2)cc1. The summed E-state index contributed by atoms with van der Waals surface area (Å²) in [6.07, 6.45) is 0.432. The first kappa shape index (κ1) is 30.1. The smallest absolute Gasteiger partial charge is 0.297 e. The zero-order valence-electron chi connectivity index (χ0n) is 23.7. The van der Waals surface area contributed by atoms with Crippen LogP contribution in [0, 0.1) is 24.4 Å². The van der Waals surface area contributed by atoms with E-state index in [1.54, 1.807) is 23.1 Å². The third kappa shape index (κ3) is 6.18. The number of fused-ring (bicyclic) bond motifs is 3. The van der Waals surface area contributed by atoms with Crippen LogP contribution >= 0.6 is 0 Å². The lowest BCUT2D eigenvalue weighted by atomic mass is 9.87. The third-order valence-electron chi connectivity index (χ3n) is 7.36. The van der Waals surface area contributed by atoms with Crippen LogP contribution in [0.5, 0.6) is 5.75 Å². The van der Waals surface area contributed by atoms with E-state index in [0.29, 0.717) is 23.0 Å². The summed E-state index contributed by atoms with van der Waals surface area (Å²) >= 11 is 0. The molecule has 42 heavy (non-hydrogen) atoms. The van der Waals surface area contributed by atoms with Gasteiger partial charge in [-0.1, -0.05) is 17.7 Å². The maximum absolute atomic E-state index is 15.8. The molecule has 0 radical (unpaired) electrons. The number of rotatable bonds is 9. The molecule has 5 rings (SSSR count). The summed E-state index contributed by atoms with van der Waals surface area (Å²) in [6, 6.07) is 11.0. The van der Waals surface area contributed by atoms with Crippen molar-refractivity contribution in [1.82, 2.24) is 9.88 Å². The monoisotopic (exact) mass is 604 g/mol. The molecule has 1 aliphatic rings. The number of alkyl halides is 1. The average molecular weight is 605 g/mol. The van der Waals surface area contributed by atoms with Gasteiger partial charge in [0.05, 0.1) is 10.9 Å². The number of aryl methyl sites for hydroxylation is 1. The van der Waals surface area contributed by atoms with Gasteiger partial charge >= 0.3 is 0 Å². The lowest BCUT2D eigenvalue weighted by Crippen LogP contribution is -2.48. The van der Waals surface area contributed by atoms with E-state index in [-0.39, 0.29) is 42.0 Å². The highest BCUT2D eigenvalue weighted by Gasteiger charge is 2.41. The van der Waals surface area contributed by atoms with Crippen molar-refractivity contribution < 1.29 is 34.9 Å². The van der Waals surface area contributed by atoms with Crippen molar-refractivity contribution >= 4 is 21.0 Å². The minimum absolute atomic E-state index is 0.0173. The number of nitrogens with zero attached hydrogens (tertiary/aromatic N) is 1. The van der Waals surface area contributed by atoms with Crippen LogP contribution in [0.1, 0.15) is 49.2 Å². The van der Waals surface area contributed by atoms with E-state index in [9.17, 15) is 17.2 Å². The summed E-state index contributed by atoms with van der Waals surface area (Å²) in [5.74, 6) is -2.44. The van der Waals surface area contributed by atoms with Crippen molar-refractivity contribution in [3.05, 3.63) is 94.4 Å². The molecule has 0 saturated heterocycles. The fourth-order valence-corrected chi connectivity index (χ4v) is 6.39. The van der Waals surface area contributed by atoms with Crippen LogP contribution < -0.4 is 4.74 Å². The summed E-state index contributed by atoms with van der Waals surface area (Å²) in [5, 5.41) is 0.613. The molecule has 6 nitrogen and oxygen atoms in total. The molecule has 0 fully saturated rings. The van der Waals surface area contributed by atoms with Crippen LogP contribution in [-0.4, -0.2) is 49.8 Å². The van der Waals surface area contributed by atoms with Crippen molar-refractivity contribution in [2.45, 2.75) is 56.8 Å². The Labute approximate surface area is 242 Å². The molecule has 0 aliphatic carbocycles. The molecule has 11 heteroatoms. The van der Waals surface area contributed by atoms with Gasteiger partial charge in [0, 0.05) is 46.9 Å². The van der Waals surface area contributed by atoms with Gasteiger partial charge in [-0.05, 0) is 70.0 Å². The zero-order valence-corrected chi connectivity index (χ0v) is 24.5. The van der Waals surface area contributed by atoms with Crippen LogP contribution in [-0.2, 0) is 20.7 Å². The second-order valence-electron chi connectivity index (χ2n) is 11.3. The lowest BCUT2D eigenvalue weighted by Gasteiger charge is -2.43. The maximum atomic E-state index is 15.8. The minimum atomic E-state index is -4.03. The van der Waals surface area contributed by atoms with Gasteiger partial charge in [-0.25, -0.2) is 17.6 Å². The number of H-pyrrole nitrogens is 1. The van der Waals surface area contributed by atoms with Crippen LogP contribution in [0.3, 0.4) is 0 Å². The van der Waals surface area contributed by atoms with E-state index in [2.05, 4.69) is 4.98 Å². The number of aromatic nitrogens is 1. The standard InChI is InChI=1S/C31H32F4N2O4S/c1-18-5-8-22(9-6-18)42(38,39)41-12-11-40-21-15-25(33)28(26(34)16-21)30-29-24(13-19(2)37(30)17-31(3,4)35)23-14-20(32)7-10-27(23)36-29/h5-10,14-16,19,30,36H,11-13,17H2,1-4H3. The fourth-order valence-electron chi connectivity index (χ4n) is 5.50. The Bertz CT molecular complexity index is 1690. The largest absolute Gasteiger partial charge is 0.491 e. The number of hydrogen-bond donors (Lipinski definition) is 1. The summed E-state index contributed by atoms with van der Waals surface area (Å²) in [7, 11) is -4.03. The molecule has 0 spiro atoms. The van der Waals surface area contributed by atoms with Gasteiger partial charge in [-0.3, -0.25) is 9.08 Å². The molecule has 1 aromatic heterocycles. The Kier molecular flexibility index (Phi) is 8.12. The number of benzene rings is 3. The van der Waals surface area contributed by atoms with E-state index < -0.39 is 39.3 Å². The molecule has 0 bridgehead atoms. The minimum Gasteiger partial charge on any atom is -0.491 e. The van der Waals surface area contributed by atoms with Crippen molar-refractivity contribution in [1.29, 1.82) is 0 Å². The van der Waals surface area contributed by atoms with Crippen molar-refractivity contribution in [3.63, 3.8) is 0 Å². The third-order valence-corrected chi connectivity index (χ3v) is 8.68. The van der Waals surface area contributed by atoms with Gasteiger partial charge in [-0.15, -0.1) is 0 Å². The summed E-state index contributed by atoms with van der Waals surface area (Å²) in [4.78, 5) is 4.89. The molecular weight excluding hydrogens is 572 g/mol. The molecule has 2 heterocycles. The zero-order chi connectivity index (χ0) is 30.4. The Morgan fingerprint density at radius 2 is 1.67 bits per heavy atom. The fraction of sp³-hybridized carbons (Fsp3) is 0.355. The van der Waals surface area contributed by atoms with Crippen molar-refractivity contribution in [2.24, 2.45) is 0 Å². The quantitative estimate of drug-likeness (QED) is 0.130. The van der Waals surface area contributed by atoms with Crippen molar-refractivity contribution in [2.75, 3.05) is 19.8 Å². The molecule has 2 atom stereocenters. The summed E-state index contributed by atoms with van der Waals surface area (Å²) in [6.45, 7) is 5.70. The normalized spacial score (nSPS) is 17.9. The molecule has 0 amide bonds. The molecular formula is C31H32F4N2O4S. The van der Waals surface area contributed by atoms with E-state index >= 15 is 8.78 Å². The lowest BCUT2D eigenvalue weighted by molar-refractivity contribution is 0.0642. The number of hydrogen-bond acceptors (Lipinski definition) is 5. The Hall–Kier alpha value is -3.41. The van der Waals surface area contributed by atoms with E-state index in [0.717, 1.165) is 23.3 Å². The van der Waals surface area contributed by atoms with Gasteiger partial charge in [-0.2, -0.15) is 8.42 Å². The predicted molar refractivity (Wildman–Crippen MR) is 151 cm³/mol. The molecule has 4 aromatic rings. The van der Waals surface area contributed by atoms with Gasteiger partial charge < -0.3 is 9.72 Å². The van der Waals surface area contributed by atoms with Crippen LogP contribution in [0.15, 0.2) is 59.5 Å². The predicted octanol–water partition coefficient (Wildman–Crippen LogP) is 6.76. The molecule has 1 N–H and O–H groups in total. The Morgan fingerprint density at radius 3 is 2.31 bits per heavy atom. The second kappa shape index (κ2) is 11.3. The first-order valence-electron chi connectivity index (χ1n) is 13.6. The summed E-state index contributed by atoms with van der Waals surface area (Å²) < 4.78 is 95.7. The van der Waals surface area contributed by atoms with Gasteiger partial charge in [0.2, 0.25) is 0 Å². The number of nitrogens with one attached hydrogen (secondary N) is 1. The van der Waals surface area contributed by atoms with E-state index in [4.69, 9.17) is 8.92 Å². The van der Waals surface area contributed by atoms with Crippen LogP contribution in [0.4, 0.5) is 17.6 Å². The number of ether oxygens (including phenoxy) is 1. The molecule has 1 aliphatic heterocycles. The first-order chi connectivity index (χ1) is 19.7. The highest BCUT2D eigenvalue weighted by molar-refractivity contribution is 7.86. The highest BCUT2D eigenvalue weighted by atomic mass is 32.2. The van der Waals surface area contributed by atoms with Gasteiger partial charge in [0.25, 0.3) is 10.1 Å². The van der Waals surface area contributed by atoms with Crippen molar-refractivity contribution in [3.8, 4) is 5.75 Å². The maximum Gasteiger partial charge on any atom is 0.297 e. The molecule has 3 aromatic carbocycles. The topological polar surface area (TPSA) is 71.6 Å². The molecule has 2 unspecified atom stereocenters. The average Bonchev–Trinajstić information content (AvgIpc) is 3.24.